The lowest BCUT2D eigenvalue weighted by atomic mass is 10.1. The quantitative estimate of drug-likeness (QED) is 0.449. The van der Waals surface area contributed by atoms with Crippen LogP contribution in [0.5, 0.6) is 0 Å². The van der Waals surface area contributed by atoms with Crippen molar-refractivity contribution in [3.8, 4) is 0 Å². The summed E-state index contributed by atoms with van der Waals surface area (Å²) in [5, 5.41) is 2.24. The summed E-state index contributed by atoms with van der Waals surface area (Å²) < 4.78 is 41.9. The van der Waals surface area contributed by atoms with Gasteiger partial charge in [0.15, 0.2) is 0 Å². The first-order valence-corrected chi connectivity index (χ1v) is 13.0. The van der Waals surface area contributed by atoms with Crippen LogP contribution >= 0.6 is 11.6 Å². The monoisotopic (exact) mass is 531 g/mol. The van der Waals surface area contributed by atoms with E-state index in [-0.39, 0.29) is 22.2 Å². The molecule has 0 saturated heterocycles. The predicted molar refractivity (Wildman–Crippen MR) is 138 cm³/mol. The van der Waals surface area contributed by atoms with Crippen LogP contribution in [0.15, 0.2) is 77.7 Å². The Morgan fingerprint density at radius 3 is 2.25 bits per heavy atom. The lowest BCUT2D eigenvalue weighted by molar-refractivity contribution is -0.139. The molecule has 3 aromatic carbocycles. The van der Waals surface area contributed by atoms with Crippen molar-refractivity contribution in [2.45, 2.75) is 31.3 Å². The number of halogens is 2. The molecule has 7 nitrogen and oxygen atoms in total. The maximum atomic E-state index is 13.9. The summed E-state index contributed by atoms with van der Waals surface area (Å²) in [4.78, 5) is 27.3. The molecular weight excluding hydrogens is 505 g/mol. The average molecular weight is 532 g/mol. The molecule has 0 aliphatic rings. The van der Waals surface area contributed by atoms with Gasteiger partial charge >= 0.3 is 0 Å². The fourth-order valence-electron chi connectivity index (χ4n) is 3.57. The Balaban J connectivity index is 2.04. The molecular formula is C26H27ClFN3O4S. The highest BCUT2D eigenvalue weighted by atomic mass is 35.5. The number of hydrogen-bond donors (Lipinski definition) is 1. The third-order valence-corrected chi connectivity index (χ3v) is 7.77. The lowest BCUT2D eigenvalue weighted by Crippen LogP contribution is -2.50. The van der Waals surface area contributed by atoms with E-state index in [1.165, 1.54) is 30.1 Å². The summed E-state index contributed by atoms with van der Waals surface area (Å²) >= 11 is 5.94. The van der Waals surface area contributed by atoms with Gasteiger partial charge in [0, 0.05) is 13.6 Å². The van der Waals surface area contributed by atoms with Gasteiger partial charge < -0.3 is 10.2 Å². The van der Waals surface area contributed by atoms with Crippen molar-refractivity contribution in [2.24, 2.45) is 0 Å². The van der Waals surface area contributed by atoms with E-state index in [1.807, 2.05) is 31.2 Å². The van der Waals surface area contributed by atoms with Gasteiger partial charge in [0.05, 0.1) is 15.6 Å². The maximum Gasteiger partial charge on any atom is 0.264 e. The van der Waals surface area contributed by atoms with Crippen LogP contribution in [-0.2, 0) is 26.2 Å². The van der Waals surface area contributed by atoms with Crippen molar-refractivity contribution in [1.82, 2.24) is 10.2 Å². The fourth-order valence-corrected chi connectivity index (χ4v) is 5.17. The second-order valence-corrected chi connectivity index (χ2v) is 10.5. The summed E-state index contributed by atoms with van der Waals surface area (Å²) in [5.41, 5.74) is 1.82. The van der Waals surface area contributed by atoms with Crippen molar-refractivity contribution < 1.29 is 22.4 Å². The van der Waals surface area contributed by atoms with Crippen LogP contribution in [0.25, 0.3) is 0 Å². The highest BCUT2D eigenvalue weighted by Crippen LogP contribution is 2.28. The Labute approximate surface area is 215 Å². The molecule has 10 heteroatoms. The van der Waals surface area contributed by atoms with Gasteiger partial charge in [-0.3, -0.25) is 13.9 Å². The highest BCUT2D eigenvalue weighted by molar-refractivity contribution is 7.92. The van der Waals surface area contributed by atoms with Crippen molar-refractivity contribution in [2.75, 3.05) is 17.9 Å². The first-order chi connectivity index (χ1) is 17.0. The number of nitrogens with zero attached hydrogens (tertiary/aromatic N) is 2. The minimum Gasteiger partial charge on any atom is -0.357 e. The first kappa shape index (κ1) is 27.2. The molecule has 36 heavy (non-hydrogen) atoms. The number of benzene rings is 3. The van der Waals surface area contributed by atoms with Gasteiger partial charge in [-0.25, -0.2) is 12.8 Å². The van der Waals surface area contributed by atoms with E-state index in [4.69, 9.17) is 11.6 Å². The normalized spacial score (nSPS) is 12.0. The highest BCUT2D eigenvalue weighted by Gasteiger charge is 2.32. The molecule has 0 aliphatic heterocycles. The Kier molecular flexibility index (Phi) is 8.70. The number of carbonyl (C=O) groups is 2. The minimum atomic E-state index is -4.24. The number of likely N-dealkylation sites (N-methyl/N-ethyl adjacent to an activating group) is 1. The Bertz CT molecular complexity index is 1340. The van der Waals surface area contributed by atoms with Crippen LogP contribution in [-0.4, -0.2) is 44.8 Å². The number of hydrogen-bond acceptors (Lipinski definition) is 4. The van der Waals surface area contributed by atoms with Crippen LogP contribution in [0, 0.1) is 12.7 Å². The van der Waals surface area contributed by atoms with Crippen LogP contribution in [0.4, 0.5) is 10.1 Å². The predicted octanol–water partition coefficient (Wildman–Crippen LogP) is 4.15. The topological polar surface area (TPSA) is 86.8 Å². The van der Waals surface area contributed by atoms with Gasteiger partial charge in [-0.15, -0.1) is 0 Å². The molecule has 1 atom stereocenters. The van der Waals surface area contributed by atoms with E-state index in [0.717, 1.165) is 27.6 Å². The SMILES string of the molecule is CNC(=O)[C@@H](C)N(Cc1ccc(C)cc1)C(=O)CN(c1ccc(F)c(Cl)c1)S(=O)(=O)c1ccccc1. The van der Waals surface area contributed by atoms with E-state index in [0.29, 0.717) is 0 Å². The molecule has 0 aliphatic carbocycles. The molecule has 0 fully saturated rings. The van der Waals surface area contributed by atoms with E-state index in [2.05, 4.69) is 5.32 Å². The molecule has 0 aromatic heterocycles. The van der Waals surface area contributed by atoms with Gasteiger partial charge in [-0.05, 0) is 49.7 Å². The van der Waals surface area contributed by atoms with Gasteiger partial charge in [0.1, 0.15) is 18.4 Å². The van der Waals surface area contributed by atoms with Crippen LogP contribution in [0.2, 0.25) is 5.02 Å². The Morgan fingerprint density at radius 2 is 1.67 bits per heavy atom. The second kappa shape index (κ2) is 11.5. The third-order valence-electron chi connectivity index (χ3n) is 5.69. The third kappa shape index (κ3) is 6.22. The molecule has 0 saturated carbocycles. The zero-order valence-electron chi connectivity index (χ0n) is 20.1. The molecule has 2 amide bonds. The number of nitrogens with one attached hydrogen (secondary N) is 1. The van der Waals surface area contributed by atoms with E-state index >= 15 is 0 Å². The summed E-state index contributed by atoms with van der Waals surface area (Å²) in [5.74, 6) is -1.75. The molecule has 0 radical (unpaired) electrons. The number of rotatable bonds is 9. The number of aryl methyl sites for hydroxylation is 1. The molecule has 1 N–H and O–H groups in total. The van der Waals surface area contributed by atoms with Crippen molar-refractivity contribution >= 4 is 39.1 Å². The average Bonchev–Trinajstić information content (AvgIpc) is 2.88. The largest absolute Gasteiger partial charge is 0.357 e. The molecule has 0 bridgehead atoms. The van der Waals surface area contributed by atoms with Gasteiger partial charge in [0.2, 0.25) is 11.8 Å². The Hall–Kier alpha value is -3.43. The molecule has 3 aromatic rings. The molecule has 190 valence electrons. The van der Waals surface area contributed by atoms with E-state index < -0.39 is 40.2 Å². The summed E-state index contributed by atoms with van der Waals surface area (Å²) in [6, 6.07) is 17.6. The minimum absolute atomic E-state index is 0.0153. The van der Waals surface area contributed by atoms with Crippen LogP contribution in [0.1, 0.15) is 18.1 Å². The van der Waals surface area contributed by atoms with Gasteiger partial charge in [0.25, 0.3) is 10.0 Å². The smallest absolute Gasteiger partial charge is 0.264 e. The number of anilines is 1. The van der Waals surface area contributed by atoms with Crippen molar-refractivity contribution in [1.29, 1.82) is 0 Å². The standard InChI is InChI=1S/C26H27ClFN3O4S/c1-18-9-11-20(12-10-18)16-30(19(2)26(33)29-3)25(32)17-31(21-13-14-24(28)23(27)15-21)36(34,35)22-7-5-4-6-8-22/h4-15,19H,16-17H2,1-3H3,(H,29,33)/t19-/m1/s1. The molecule has 0 spiro atoms. The fraction of sp³-hybridized carbons (Fsp3) is 0.231. The van der Waals surface area contributed by atoms with Crippen LogP contribution < -0.4 is 9.62 Å². The molecule has 0 heterocycles. The number of carbonyl (C=O) groups excluding carboxylic acids is 2. The maximum absolute atomic E-state index is 13.9. The van der Waals surface area contributed by atoms with E-state index in [1.54, 1.807) is 25.1 Å². The Morgan fingerprint density at radius 1 is 1.03 bits per heavy atom. The summed E-state index contributed by atoms with van der Waals surface area (Å²) in [6.45, 7) is 2.94. The van der Waals surface area contributed by atoms with Gasteiger partial charge in [-0.1, -0.05) is 59.6 Å². The molecule has 3 rings (SSSR count). The number of sulfonamides is 1. The van der Waals surface area contributed by atoms with Crippen LogP contribution in [0.3, 0.4) is 0 Å². The lowest BCUT2D eigenvalue weighted by Gasteiger charge is -2.31. The zero-order chi connectivity index (χ0) is 26.5. The summed E-state index contributed by atoms with van der Waals surface area (Å²) in [7, 11) is -2.78. The van der Waals surface area contributed by atoms with Crippen molar-refractivity contribution in [3.63, 3.8) is 0 Å². The van der Waals surface area contributed by atoms with E-state index in [9.17, 15) is 22.4 Å². The molecule has 0 unspecified atom stereocenters. The zero-order valence-corrected chi connectivity index (χ0v) is 21.7. The van der Waals surface area contributed by atoms with Gasteiger partial charge in [-0.2, -0.15) is 0 Å². The second-order valence-electron chi connectivity index (χ2n) is 8.22. The first-order valence-electron chi connectivity index (χ1n) is 11.1. The van der Waals surface area contributed by atoms with Crippen molar-refractivity contribution in [3.05, 3.63) is 94.8 Å². The number of amides is 2. The summed E-state index contributed by atoms with van der Waals surface area (Å²) in [6.07, 6.45) is 0.